The third-order valence-electron chi connectivity index (χ3n) is 4.51. The molecule has 0 radical (unpaired) electrons. The van der Waals surface area contributed by atoms with Gasteiger partial charge in [-0.05, 0) is 32.7 Å². The highest BCUT2D eigenvalue weighted by atomic mass is 19.1. The highest BCUT2D eigenvalue weighted by Crippen LogP contribution is 2.41. The van der Waals surface area contributed by atoms with E-state index in [9.17, 15) is 9.18 Å². The average Bonchev–Trinajstić information content (AvgIpc) is 3.12. The number of nitrogens with zero attached hydrogens (tertiary/aromatic N) is 2. The Morgan fingerprint density at radius 2 is 2.00 bits per heavy atom. The van der Waals surface area contributed by atoms with Crippen molar-refractivity contribution in [2.75, 3.05) is 33.3 Å². The number of rotatable bonds is 1. The van der Waals surface area contributed by atoms with Crippen molar-refractivity contribution in [1.82, 2.24) is 9.80 Å². The number of likely N-dealkylation sites (tertiary alicyclic amines) is 1. The van der Waals surface area contributed by atoms with Crippen molar-refractivity contribution in [3.05, 3.63) is 0 Å². The number of hydrogen-bond acceptors (Lipinski definition) is 3. The molecule has 4 nitrogen and oxygen atoms in total. The number of hydrogen-bond donors (Lipinski definition) is 0. The van der Waals surface area contributed by atoms with Crippen LogP contribution in [0.3, 0.4) is 0 Å². The second-order valence-corrected chi connectivity index (χ2v) is 5.79. The van der Waals surface area contributed by atoms with Crippen LogP contribution in [0, 0.1) is 0 Å². The minimum absolute atomic E-state index is 0.205. The predicted octanol–water partition coefficient (Wildman–Crippen LogP) is 0.810. The van der Waals surface area contributed by atoms with Crippen LogP contribution in [0.25, 0.3) is 0 Å². The summed E-state index contributed by atoms with van der Waals surface area (Å²) in [6.45, 7) is 3.01. The molecule has 5 heteroatoms. The zero-order chi connectivity index (χ0) is 12.8. The third kappa shape index (κ3) is 2.14. The summed E-state index contributed by atoms with van der Waals surface area (Å²) in [6, 6.07) is 0.381. The molecule has 2 heterocycles. The van der Waals surface area contributed by atoms with E-state index in [1.807, 2.05) is 0 Å². The number of fused-ring (bicyclic) bond motifs is 1. The summed E-state index contributed by atoms with van der Waals surface area (Å²) in [5.74, 6) is -0.288. The summed E-state index contributed by atoms with van der Waals surface area (Å²) < 4.78 is 19.6. The van der Waals surface area contributed by atoms with Gasteiger partial charge in [-0.2, -0.15) is 0 Å². The monoisotopic (exact) mass is 256 g/mol. The van der Waals surface area contributed by atoms with Gasteiger partial charge in [0.1, 0.15) is 0 Å². The Morgan fingerprint density at radius 1 is 1.28 bits per heavy atom. The summed E-state index contributed by atoms with van der Waals surface area (Å²) in [7, 11) is 2.11. The van der Waals surface area contributed by atoms with Crippen LogP contribution in [0.2, 0.25) is 0 Å². The first-order valence-electron chi connectivity index (χ1n) is 6.90. The summed E-state index contributed by atoms with van der Waals surface area (Å²) in [4.78, 5) is 16.0. The molecule has 1 amide bonds. The smallest absolute Gasteiger partial charge is 0.260 e. The van der Waals surface area contributed by atoms with Gasteiger partial charge in [-0.1, -0.05) is 0 Å². The number of morpholine rings is 1. The molecule has 2 atom stereocenters. The highest BCUT2D eigenvalue weighted by Gasteiger charge is 2.53. The van der Waals surface area contributed by atoms with Gasteiger partial charge in [0.15, 0.2) is 5.67 Å². The van der Waals surface area contributed by atoms with Gasteiger partial charge in [0.25, 0.3) is 5.91 Å². The van der Waals surface area contributed by atoms with E-state index < -0.39 is 5.67 Å². The van der Waals surface area contributed by atoms with Crippen LogP contribution in [0.1, 0.15) is 25.7 Å². The number of ether oxygens (including phenoxy) is 1. The number of halogens is 1. The van der Waals surface area contributed by atoms with Gasteiger partial charge in [0.2, 0.25) is 0 Å². The maximum absolute atomic E-state index is 13.8. The summed E-state index contributed by atoms with van der Waals surface area (Å²) >= 11 is 0. The zero-order valence-corrected chi connectivity index (χ0v) is 10.9. The Bertz CT molecular complexity index is 346. The lowest BCUT2D eigenvalue weighted by molar-refractivity contribution is -0.138. The van der Waals surface area contributed by atoms with E-state index in [-0.39, 0.29) is 12.0 Å². The molecule has 0 aromatic carbocycles. The van der Waals surface area contributed by atoms with E-state index >= 15 is 0 Å². The van der Waals surface area contributed by atoms with E-state index in [1.165, 1.54) is 0 Å². The van der Waals surface area contributed by atoms with E-state index in [0.29, 0.717) is 32.0 Å². The molecule has 0 aromatic rings. The minimum atomic E-state index is -1.53. The molecule has 1 aliphatic carbocycles. The van der Waals surface area contributed by atoms with Crippen molar-refractivity contribution >= 4 is 5.91 Å². The molecule has 0 spiro atoms. The molecule has 2 unspecified atom stereocenters. The normalized spacial score (nSPS) is 35.8. The van der Waals surface area contributed by atoms with Crippen molar-refractivity contribution in [2.24, 2.45) is 0 Å². The van der Waals surface area contributed by atoms with E-state index in [0.717, 1.165) is 26.0 Å². The second-order valence-electron chi connectivity index (χ2n) is 5.79. The first-order valence-corrected chi connectivity index (χ1v) is 6.90. The number of carbonyl (C=O) groups is 1. The molecule has 0 N–H and O–H groups in total. The number of likely N-dealkylation sites (N-methyl/N-ethyl adjacent to an activating group) is 1. The van der Waals surface area contributed by atoms with Gasteiger partial charge < -0.3 is 9.64 Å². The number of amides is 1. The van der Waals surface area contributed by atoms with E-state index in [2.05, 4.69) is 11.9 Å². The molecule has 3 fully saturated rings. The standard InChI is InChI=1S/C13H21FN2O2/c1-15-8-9-18-11-3-7-16(6-2-10(11)15)12(17)13(14)4-5-13/h10-11H,2-9H2,1H3. The zero-order valence-electron chi connectivity index (χ0n) is 10.9. The predicted molar refractivity (Wildman–Crippen MR) is 65.0 cm³/mol. The summed E-state index contributed by atoms with van der Waals surface area (Å²) in [6.07, 6.45) is 2.74. The van der Waals surface area contributed by atoms with Crippen LogP contribution in [0.15, 0.2) is 0 Å². The molecule has 0 aromatic heterocycles. The van der Waals surface area contributed by atoms with Gasteiger partial charge in [0.05, 0.1) is 12.7 Å². The maximum atomic E-state index is 13.8. The fourth-order valence-corrected chi connectivity index (χ4v) is 3.08. The Hall–Kier alpha value is -0.680. The third-order valence-corrected chi connectivity index (χ3v) is 4.51. The number of carbonyl (C=O) groups excluding carboxylic acids is 1. The Morgan fingerprint density at radius 3 is 2.72 bits per heavy atom. The van der Waals surface area contributed by atoms with Gasteiger partial charge in [-0.25, -0.2) is 4.39 Å². The first-order chi connectivity index (χ1) is 8.60. The lowest BCUT2D eigenvalue weighted by atomic mass is 10.0. The fraction of sp³-hybridized carbons (Fsp3) is 0.923. The fourth-order valence-electron chi connectivity index (χ4n) is 3.08. The average molecular weight is 256 g/mol. The molecule has 18 heavy (non-hydrogen) atoms. The molecule has 0 bridgehead atoms. The van der Waals surface area contributed by atoms with Crippen LogP contribution in [-0.2, 0) is 9.53 Å². The number of alkyl halides is 1. The molecule has 3 aliphatic rings. The molecular weight excluding hydrogens is 235 g/mol. The van der Waals surface area contributed by atoms with Crippen molar-refractivity contribution < 1.29 is 13.9 Å². The summed E-state index contributed by atoms with van der Waals surface area (Å²) in [5, 5.41) is 0. The van der Waals surface area contributed by atoms with Crippen LogP contribution in [0.4, 0.5) is 4.39 Å². The van der Waals surface area contributed by atoms with Crippen molar-refractivity contribution in [3.63, 3.8) is 0 Å². The molecule has 2 saturated heterocycles. The SMILES string of the molecule is CN1CCOC2CCN(C(=O)C3(F)CC3)CCC21. The maximum Gasteiger partial charge on any atom is 0.260 e. The topological polar surface area (TPSA) is 32.8 Å². The molecule has 2 aliphatic heterocycles. The van der Waals surface area contributed by atoms with Crippen LogP contribution in [0.5, 0.6) is 0 Å². The molecule has 3 rings (SSSR count). The van der Waals surface area contributed by atoms with Gasteiger partial charge in [-0.15, -0.1) is 0 Å². The van der Waals surface area contributed by atoms with Crippen molar-refractivity contribution in [3.8, 4) is 0 Å². The minimum Gasteiger partial charge on any atom is -0.375 e. The Kier molecular flexibility index (Phi) is 3.06. The largest absolute Gasteiger partial charge is 0.375 e. The van der Waals surface area contributed by atoms with E-state index in [4.69, 9.17) is 4.74 Å². The Labute approximate surface area is 107 Å². The van der Waals surface area contributed by atoms with Crippen molar-refractivity contribution in [1.29, 1.82) is 0 Å². The van der Waals surface area contributed by atoms with Gasteiger partial charge in [-0.3, -0.25) is 9.69 Å². The van der Waals surface area contributed by atoms with Crippen LogP contribution >= 0.6 is 0 Å². The van der Waals surface area contributed by atoms with E-state index in [1.54, 1.807) is 4.90 Å². The second kappa shape index (κ2) is 4.46. The summed E-state index contributed by atoms with van der Waals surface area (Å²) in [5.41, 5.74) is -1.53. The van der Waals surface area contributed by atoms with Crippen LogP contribution in [-0.4, -0.2) is 66.8 Å². The van der Waals surface area contributed by atoms with Gasteiger partial charge >= 0.3 is 0 Å². The highest BCUT2D eigenvalue weighted by molar-refractivity contribution is 5.88. The molecule has 1 saturated carbocycles. The van der Waals surface area contributed by atoms with Crippen molar-refractivity contribution in [2.45, 2.75) is 43.5 Å². The molecule has 102 valence electrons. The Balaban J connectivity index is 1.66. The lowest BCUT2D eigenvalue weighted by Crippen LogP contribution is -2.49. The lowest BCUT2D eigenvalue weighted by Gasteiger charge is -2.37. The quantitative estimate of drug-likeness (QED) is 0.696. The first kappa shape index (κ1) is 12.4. The van der Waals surface area contributed by atoms with Gasteiger partial charge in [0, 0.05) is 25.7 Å². The molecular formula is C13H21FN2O2. The van der Waals surface area contributed by atoms with Crippen LogP contribution < -0.4 is 0 Å².